The van der Waals surface area contributed by atoms with E-state index in [-0.39, 0.29) is 0 Å². The predicted octanol–water partition coefficient (Wildman–Crippen LogP) is 3.19. The van der Waals surface area contributed by atoms with Crippen LogP contribution in [0.15, 0.2) is 36.4 Å². The van der Waals surface area contributed by atoms with E-state index in [9.17, 15) is 0 Å². The van der Waals surface area contributed by atoms with Gasteiger partial charge in [0.25, 0.3) is 0 Å². The van der Waals surface area contributed by atoms with Gasteiger partial charge in [-0.2, -0.15) is 0 Å². The van der Waals surface area contributed by atoms with Gasteiger partial charge < -0.3 is 23.7 Å². The van der Waals surface area contributed by atoms with Gasteiger partial charge in [0, 0.05) is 0 Å². The van der Waals surface area contributed by atoms with Gasteiger partial charge in [-0.05, 0) is 60.1 Å². The zero-order chi connectivity index (χ0) is 16.6. The van der Waals surface area contributed by atoms with Gasteiger partial charge in [0.15, 0.2) is 23.0 Å². The Morgan fingerprint density at radius 1 is 0.640 bits per heavy atom. The van der Waals surface area contributed by atoms with Crippen LogP contribution >= 0.6 is 0 Å². The lowest BCUT2D eigenvalue weighted by Crippen LogP contribution is -2.17. The highest BCUT2D eigenvalue weighted by Crippen LogP contribution is 2.37. The van der Waals surface area contributed by atoms with Gasteiger partial charge in [-0.3, -0.25) is 0 Å². The normalized spacial score (nSPS) is 23.2. The molecule has 2 aromatic rings. The molecule has 1 saturated heterocycles. The van der Waals surface area contributed by atoms with Gasteiger partial charge in [0.05, 0.1) is 13.2 Å². The van der Waals surface area contributed by atoms with Crippen molar-refractivity contribution in [3.63, 3.8) is 0 Å². The molecular weight excluding hydrogens is 320 g/mol. The third-order valence-electron chi connectivity index (χ3n) is 5.20. The first kappa shape index (κ1) is 14.9. The lowest BCUT2D eigenvalue weighted by molar-refractivity contribution is 0.173. The molecule has 0 aromatic heterocycles. The number of hydrogen-bond acceptors (Lipinski definition) is 5. The molecular formula is C20H20O5. The number of rotatable bonds is 4. The maximum Gasteiger partial charge on any atom is 0.231 e. The predicted molar refractivity (Wildman–Crippen MR) is 90.3 cm³/mol. The molecule has 0 N–H and O–H groups in total. The molecule has 130 valence electrons. The summed E-state index contributed by atoms with van der Waals surface area (Å²) in [7, 11) is 0. The highest BCUT2D eigenvalue weighted by atomic mass is 16.7. The van der Waals surface area contributed by atoms with E-state index in [0.717, 1.165) is 49.1 Å². The van der Waals surface area contributed by atoms with E-state index in [2.05, 4.69) is 24.3 Å². The Labute approximate surface area is 146 Å². The molecule has 0 amide bonds. The number of hydrogen-bond donors (Lipinski definition) is 0. The molecule has 3 aliphatic heterocycles. The average molecular weight is 340 g/mol. The molecule has 0 aliphatic carbocycles. The minimum Gasteiger partial charge on any atom is -0.454 e. The standard InChI is InChI=1S/C20H20O5/c1-3-17-19(24-11-22-17)7-13(1)5-15-9-21-10-16(15)6-14-2-4-18-20(8-14)25-12-23-18/h1-4,7-8,15-16H,5-6,9-12H2/t15-,16-/m1/s1. The number of benzene rings is 2. The van der Waals surface area contributed by atoms with Crippen LogP contribution in [0.2, 0.25) is 0 Å². The summed E-state index contributed by atoms with van der Waals surface area (Å²) in [5.74, 6) is 4.38. The van der Waals surface area contributed by atoms with Gasteiger partial charge in [-0.15, -0.1) is 0 Å². The van der Waals surface area contributed by atoms with Gasteiger partial charge in [0.1, 0.15) is 0 Å². The number of ether oxygens (including phenoxy) is 5. The van der Waals surface area contributed by atoms with E-state index in [1.54, 1.807) is 0 Å². The second-order valence-corrected chi connectivity index (χ2v) is 6.84. The Bertz CT molecular complexity index is 722. The van der Waals surface area contributed by atoms with Crippen LogP contribution in [0.4, 0.5) is 0 Å². The molecule has 25 heavy (non-hydrogen) atoms. The topological polar surface area (TPSA) is 46.2 Å². The van der Waals surface area contributed by atoms with Crippen LogP contribution < -0.4 is 18.9 Å². The van der Waals surface area contributed by atoms with Gasteiger partial charge >= 0.3 is 0 Å². The molecule has 0 saturated carbocycles. The van der Waals surface area contributed by atoms with Crippen LogP contribution in [-0.4, -0.2) is 26.8 Å². The molecule has 0 spiro atoms. The van der Waals surface area contributed by atoms with Crippen molar-refractivity contribution in [3.8, 4) is 23.0 Å². The third-order valence-corrected chi connectivity index (χ3v) is 5.20. The summed E-state index contributed by atoms with van der Waals surface area (Å²) in [6.07, 6.45) is 1.98. The van der Waals surface area contributed by atoms with Gasteiger partial charge in [0.2, 0.25) is 13.6 Å². The molecule has 0 unspecified atom stereocenters. The third kappa shape index (κ3) is 2.89. The SMILES string of the molecule is c1cc2c(cc1C[C@@H]1COC[C@H]1Cc1ccc3c(c1)OCO3)OCO2. The zero-order valence-corrected chi connectivity index (χ0v) is 13.9. The molecule has 2 aromatic carbocycles. The molecule has 2 atom stereocenters. The van der Waals surface area contributed by atoms with E-state index >= 15 is 0 Å². The van der Waals surface area contributed by atoms with E-state index < -0.39 is 0 Å². The molecule has 5 nitrogen and oxygen atoms in total. The van der Waals surface area contributed by atoms with Crippen LogP contribution in [0.1, 0.15) is 11.1 Å². The van der Waals surface area contributed by atoms with Gasteiger partial charge in [-0.25, -0.2) is 0 Å². The summed E-state index contributed by atoms with van der Waals surface area (Å²) in [6.45, 7) is 2.25. The average Bonchev–Trinajstić information content (AvgIpc) is 3.35. The fraction of sp³-hybridized carbons (Fsp3) is 0.400. The van der Waals surface area contributed by atoms with Crippen LogP contribution in [0.3, 0.4) is 0 Å². The van der Waals surface area contributed by atoms with E-state index in [4.69, 9.17) is 23.7 Å². The van der Waals surface area contributed by atoms with Crippen molar-refractivity contribution in [1.82, 2.24) is 0 Å². The Morgan fingerprint density at radius 3 is 1.64 bits per heavy atom. The molecule has 1 fully saturated rings. The van der Waals surface area contributed by atoms with Crippen LogP contribution in [0.25, 0.3) is 0 Å². The fourth-order valence-corrected chi connectivity index (χ4v) is 3.84. The zero-order valence-electron chi connectivity index (χ0n) is 13.9. The van der Waals surface area contributed by atoms with Crippen LogP contribution in [-0.2, 0) is 17.6 Å². The number of fused-ring (bicyclic) bond motifs is 2. The maximum atomic E-state index is 5.79. The minimum atomic E-state index is 0.318. The van der Waals surface area contributed by atoms with E-state index in [1.165, 1.54) is 11.1 Å². The summed E-state index contributed by atoms with van der Waals surface area (Å²) in [5, 5.41) is 0. The monoisotopic (exact) mass is 340 g/mol. The molecule has 0 radical (unpaired) electrons. The minimum absolute atomic E-state index is 0.318. The van der Waals surface area contributed by atoms with Crippen molar-refractivity contribution in [2.45, 2.75) is 12.8 Å². The molecule has 5 heteroatoms. The summed E-state index contributed by atoms with van der Waals surface area (Å²) < 4.78 is 27.5. The highest BCUT2D eigenvalue weighted by molar-refractivity contribution is 5.45. The molecule has 3 aliphatic rings. The summed E-state index contributed by atoms with van der Waals surface area (Å²) >= 11 is 0. The van der Waals surface area contributed by atoms with Gasteiger partial charge in [-0.1, -0.05) is 12.1 Å². The fourth-order valence-electron chi connectivity index (χ4n) is 3.84. The lowest BCUT2D eigenvalue weighted by atomic mass is 9.85. The van der Waals surface area contributed by atoms with Crippen molar-refractivity contribution >= 4 is 0 Å². The largest absolute Gasteiger partial charge is 0.454 e. The summed E-state index contributed by atoms with van der Waals surface area (Å²) in [4.78, 5) is 0. The quantitative estimate of drug-likeness (QED) is 0.855. The highest BCUT2D eigenvalue weighted by Gasteiger charge is 2.29. The lowest BCUT2D eigenvalue weighted by Gasteiger charge is -2.18. The first-order chi connectivity index (χ1) is 12.3. The smallest absolute Gasteiger partial charge is 0.231 e. The molecule has 5 rings (SSSR count). The molecule has 0 bridgehead atoms. The Hall–Kier alpha value is -2.40. The maximum absolute atomic E-state index is 5.79. The molecule has 3 heterocycles. The summed E-state index contributed by atoms with van der Waals surface area (Å²) in [6, 6.07) is 12.4. The summed E-state index contributed by atoms with van der Waals surface area (Å²) in [5.41, 5.74) is 2.55. The van der Waals surface area contributed by atoms with Crippen molar-refractivity contribution in [1.29, 1.82) is 0 Å². The Balaban J connectivity index is 1.29. The van der Waals surface area contributed by atoms with E-state index in [1.807, 2.05) is 12.1 Å². The van der Waals surface area contributed by atoms with E-state index in [0.29, 0.717) is 25.4 Å². The van der Waals surface area contributed by atoms with Crippen molar-refractivity contribution < 1.29 is 23.7 Å². The first-order valence-electron chi connectivity index (χ1n) is 8.70. The first-order valence-corrected chi connectivity index (χ1v) is 8.70. The Kier molecular flexibility index (Phi) is 3.67. The van der Waals surface area contributed by atoms with Crippen molar-refractivity contribution in [2.75, 3.05) is 26.8 Å². The van der Waals surface area contributed by atoms with Crippen molar-refractivity contribution in [3.05, 3.63) is 47.5 Å². The second kappa shape index (κ2) is 6.15. The van der Waals surface area contributed by atoms with Crippen LogP contribution in [0, 0.1) is 11.8 Å². The second-order valence-electron chi connectivity index (χ2n) is 6.84. The van der Waals surface area contributed by atoms with Crippen LogP contribution in [0.5, 0.6) is 23.0 Å². The Morgan fingerprint density at radius 2 is 1.12 bits per heavy atom. The van der Waals surface area contributed by atoms with Crippen molar-refractivity contribution in [2.24, 2.45) is 11.8 Å².